The average molecular weight is 236 g/mol. The Kier molecular flexibility index (Phi) is 5.10. The molecule has 96 valence electrons. The molecule has 1 saturated heterocycles. The van der Waals surface area contributed by atoms with Gasteiger partial charge in [-0.05, 0) is 13.3 Å². The SMILES string of the molecule is CC[C@H](C)O[C@H]1O[C@H](CO)[C@@H](O)[C@H](O)[C@@H]1O. The first-order valence-corrected chi connectivity index (χ1v) is 5.47. The predicted octanol–water partition coefficient (Wildman–Crippen LogP) is -1.40. The van der Waals surface area contributed by atoms with Crippen molar-refractivity contribution in [3.8, 4) is 0 Å². The van der Waals surface area contributed by atoms with Gasteiger partial charge in [0.2, 0.25) is 0 Å². The van der Waals surface area contributed by atoms with Gasteiger partial charge in [0, 0.05) is 0 Å². The molecule has 1 fully saturated rings. The molecule has 0 spiro atoms. The first-order valence-electron chi connectivity index (χ1n) is 5.47. The molecule has 6 nitrogen and oxygen atoms in total. The summed E-state index contributed by atoms with van der Waals surface area (Å²) in [7, 11) is 0. The van der Waals surface area contributed by atoms with E-state index in [1.165, 1.54) is 0 Å². The van der Waals surface area contributed by atoms with Gasteiger partial charge in [0.15, 0.2) is 6.29 Å². The zero-order chi connectivity index (χ0) is 12.3. The maximum atomic E-state index is 9.62. The van der Waals surface area contributed by atoms with Crippen LogP contribution in [-0.4, -0.2) is 63.8 Å². The number of ether oxygens (including phenoxy) is 2. The maximum absolute atomic E-state index is 9.62. The molecule has 0 aromatic rings. The van der Waals surface area contributed by atoms with Crippen molar-refractivity contribution in [3.63, 3.8) is 0 Å². The normalized spacial score (nSPS) is 42.0. The van der Waals surface area contributed by atoms with E-state index in [1.807, 2.05) is 6.92 Å². The van der Waals surface area contributed by atoms with Gasteiger partial charge >= 0.3 is 0 Å². The van der Waals surface area contributed by atoms with Crippen LogP contribution in [0.2, 0.25) is 0 Å². The molecular formula is C10H20O6. The fraction of sp³-hybridized carbons (Fsp3) is 1.00. The molecule has 0 amide bonds. The second-order valence-electron chi connectivity index (χ2n) is 4.05. The Balaban J connectivity index is 2.63. The van der Waals surface area contributed by atoms with Crippen molar-refractivity contribution in [1.29, 1.82) is 0 Å². The van der Waals surface area contributed by atoms with E-state index in [1.54, 1.807) is 6.92 Å². The highest BCUT2D eigenvalue weighted by Crippen LogP contribution is 2.23. The number of rotatable bonds is 4. The lowest BCUT2D eigenvalue weighted by atomic mass is 9.99. The minimum absolute atomic E-state index is 0.138. The summed E-state index contributed by atoms with van der Waals surface area (Å²) < 4.78 is 10.5. The molecule has 1 aliphatic heterocycles. The highest BCUT2D eigenvalue weighted by molar-refractivity contribution is 4.89. The molecule has 1 rings (SSSR count). The molecule has 6 heteroatoms. The smallest absolute Gasteiger partial charge is 0.186 e. The molecule has 0 aliphatic carbocycles. The van der Waals surface area contributed by atoms with Gasteiger partial charge in [-0.3, -0.25) is 0 Å². The molecule has 1 aliphatic rings. The summed E-state index contributed by atoms with van der Waals surface area (Å²) in [4.78, 5) is 0. The van der Waals surface area contributed by atoms with Crippen LogP contribution < -0.4 is 0 Å². The number of hydrogen-bond acceptors (Lipinski definition) is 6. The van der Waals surface area contributed by atoms with Crippen LogP contribution in [0.25, 0.3) is 0 Å². The van der Waals surface area contributed by atoms with Gasteiger partial charge in [-0.1, -0.05) is 6.92 Å². The van der Waals surface area contributed by atoms with E-state index in [-0.39, 0.29) is 6.10 Å². The number of aliphatic hydroxyl groups is 4. The summed E-state index contributed by atoms with van der Waals surface area (Å²) in [6, 6.07) is 0. The first kappa shape index (κ1) is 13.8. The lowest BCUT2D eigenvalue weighted by molar-refractivity contribution is -0.310. The third-order valence-electron chi connectivity index (χ3n) is 2.79. The number of aliphatic hydroxyl groups excluding tert-OH is 4. The summed E-state index contributed by atoms with van der Waals surface area (Å²) in [6.45, 7) is 3.28. The van der Waals surface area contributed by atoms with Crippen molar-refractivity contribution in [1.82, 2.24) is 0 Å². The van der Waals surface area contributed by atoms with Gasteiger partial charge < -0.3 is 29.9 Å². The van der Waals surface area contributed by atoms with Crippen LogP contribution in [0.3, 0.4) is 0 Å². The lowest BCUT2D eigenvalue weighted by Gasteiger charge is -2.40. The Bertz CT molecular complexity index is 209. The van der Waals surface area contributed by atoms with E-state index in [4.69, 9.17) is 14.6 Å². The van der Waals surface area contributed by atoms with Crippen LogP contribution in [-0.2, 0) is 9.47 Å². The molecule has 0 aromatic heterocycles. The van der Waals surface area contributed by atoms with E-state index in [2.05, 4.69) is 0 Å². The van der Waals surface area contributed by atoms with Crippen LogP contribution >= 0.6 is 0 Å². The Morgan fingerprint density at radius 3 is 2.31 bits per heavy atom. The van der Waals surface area contributed by atoms with E-state index in [9.17, 15) is 15.3 Å². The number of hydrogen-bond donors (Lipinski definition) is 4. The third-order valence-corrected chi connectivity index (χ3v) is 2.79. The van der Waals surface area contributed by atoms with Crippen LogP contribution in [0.4, 0.5) is 0 Å². The zero-order valence-electron chi connectivity index (χ0n) is 9.48. The van der Waals surface area contributed by atoms with E-state index >= 15 is 0 Å². The van der Waals surface area contributed by atoms with Gasteiger partial charge in [-0.15, -0.1) is 0 Å². The van der Waals surface area contributed by atoms with Crippen molar-refractivity contribution >= 4 is 0 Å². The molecule has 0 radical (unpaired) electrons. The quantitative estimate of drug-likeness (QED) is 0.479. The van der Waals surface area contributed by atoms with Crippen LogP contribution in [0.5, 0.6) is 0 Å². The van der Waals surface area contributed by atoms with Gasteiger partial charge in [0.1, 0.15) is 24.4 Å². The van der Waals surface area contributed by atoms with Crippen molar-refractivity contribution in [3.05, 3.63) is 0 Å². The van der Waals surface area contributed by atoms with Crippen molar-refractivity contribution < 1.29 is 29.9 Å². The molecule has 16 heavy (non-hydrogen) atoms. The van der Waals surface area contributed by atoms with Gasteiger partial charge in [-0.2, -0.15) is 0 Å². The van der Waals surface area contributed by atoms with Gasteiger partial charge in [0.05, 0.1) is 12.7 Å². The van der Waals surface area contributed by atoms with Crippen molar-refractivity contribution in [2.45, 2.75) is 57.1 Å². The van der Waals surface area contributed by atoms with E-state index in [0.29, 0.717) is 0 Å². The van der Waals surface area contributed by atoms with Gasteiger partial charge in [0.25, 0.3) is 0 Å². The zero-order valence-corrected chi connectivity index (χ0v) is 9.48. The molecule has 6 atom stereocenters. The minimum Gasteiger partial charge on any atom is -0.394 e. The third kappa shape index (κ3) is 2.91. The largest absolute Gasteiger partial charge is 0.394 e. The fourth-order valence-electron chi connectivity index (χ4n) is 1.50. The molecule has 0 aromatic carbocycles. The van der Waals surface area contributed by atoms with Crippen molar-refractivity contribution in [2.75, 3.05) is 6.61 Å². The second-order valence-corrected chi connectivity index (χ2v) is 4.05. The summed E-state index contributed by atoms with van der Waals surface area (Å²) in [5.41, 5.74) is 0. The van der Waals surface area contributed by atoms with Gasteiger partial charge in [-0.25, -0.2) is 0 Å². The van der Waals surface area contributed by atoms with E-state index in [0.717, 1.165) is 6.42 Å². The van der Waals surface area contributed by atoms with Crippen LogP contribution in [0.1, 0.15) is 20.3 Å². The highest BCUT2D eigenvalue weighted by Gasteiger charge is 2.44. The average Bonchev–Trinajstić information content (AvgIpc) is 2.29. The standard InChI is InChI=1S/C10H20O6/c1-3-5(2)15-10-9(14)8(13)7(12)6(4-11)16-10/h5-14H,3-4H2,1-2H3/t5-,6+,7+,8-,9-,10-/m0/s1. The first-order chi connectivity index (χ1) is 7.51. The summed E-state index contributed by atoms with van der Waals surface area (Å²) in [6.07, 6.45) is -5.36. The molecular weight excluding hydrogens is 216 g/mol. The Labute approximate surface area is 94.4 Å². The fourth-order valence-corrected chi connectivity index (χ4v) is 1.50. The molecule has 0 bridgehead atoms. The monoisotopic (exact) mass is 236 g/mol. The summed E-state index contributed by atoms with van der Waals surface area (Å²) in [5.74, 6) is 0. The Morgan fingerprint density at radius 2 is 1.81 bits per heavy atom. The Morgan fingerprint density at radius 1 is 1.19 bits per heavy atom. The predicted molar refractivity (Wildman–Crippen MR) is 54.6 cm³/mol. The van der Waals surface area contributed by atoms with Crippen LogP contribution in [0, 0.1) is 0 Å². The lowest BCUT2D eigenvalue weighted by Crippen LogP contribution is -2.59. The molecule has 0 saturated carbocycles. The Hall–Kier alpha value is -0.240. The second kappa shape index (κ2) is 5.90. The van der Waals surface area contributed by atoms with Crippen molar-refractivity contribution in [2.24, 2.45) is 0 Å². The summed E-state index contributed by atoms with van der Waals surface area (Å²) in [5, 5.41) is 37.6. The van der Waals surface area contributed by atoms with E-state index < -0.39 is 37.3 Å². The van der Waals surface area contributed by atoms with Crippen LogP contribution in [0.15, 0.2) is 0 Å². The maximum Gasteiger partial charge on any atom is 0.186 e. The molecule has 0 unspecified atom stereocenters. The summed E-state index contributed by atoms with van der Waals surface area (Å²) >= 11 is 0. The highest BCUT2D eigenvalue weighted by atomic mass is 16.7. The molecule has 1 heterocycles. The molecule has 4 N–H and O–H groups in total. The minimum atomic E-state index is -1.38. The topological polar surface area (TPSA) is 99.4 Å².